The van der Waals surface area contributed by atoms with Gasteiger partial charge in [0.05, 0.1) is 13.7 Å². The lowest BCUT2D eigenvalue weighted by Gasteiger charge is -2.39. The van der Waals surface area contributed by atoms with Crippen molar-refractivity contribution in [1.82, 2.24) is 0 Å². The second-order valence-corrected chi connectivity index (χ2v) is 10.8. The van der Waals surface area contributed by atoms with Gasteiger partial charge >= 0.3 is 6.16 Å². The van der Waals surface area contributed by atoms with E-state index in [0.717, 1.165) is 0 Å². The third-order valence-corrected chi connectivity index (χ3v) is 7.97. The fraction of sp³-hybridized carbons (Fsp3) is 0.769. The summed E-state index contributed by atoms with van der Waals surface area (Å²) in [6.45, 7) is 11.1. The van der Waals surface area contributed by atoms with Crippen molar-refractivity contribution in [2.75, 3.05) is 13.7 Å². The maximum absolute atomic E-state index is 11.0. The highest BCUT2D eigenvalue weighted by Crippen LogP contribution is 2.37. The van der Waals surface area contributed by atoms with Crippen LogP contribution in [-0.2, 0) is 18.6 Å². The molecule has 0 fully saturated rings. The number of hydrogen-bond donors (Lipinski definition) is 0. The van der Waals surface area contributed by atoms with Crippen LogP contribution < -0.4 is 0 Å². The monoisotopic (exact) mass is 288 g/mol. The molecule has 0 spiro atoms. The van der Waals surface area contributed by atoms with Gasteiger partial charge in [0.2, 0.25) is 0 Å². The smallest absolute Gasteiger partial charge is 0.438 e. The minimum atomic E-state index is -1.86. The van der Waals surface area contributed by atoms with Crippen molar-refractivity contribution in [2.24, 2.45) is 0 Å². The molecule has 110 valence electrons. The molecular weight excluding hydrogens is 264 g/mol. The van der Waals surface area contributed by atoms with E-state index in [1.165, 1.54) is 7.11 Å². The van der Waals surface area contributed by atoms with E-state index >= 15 is 0 Å². The summed E-state index contributed by atoms with van der Waals surface area (Å²) in [5.74, 6) is 0. The molecule has 0 N–H and O–H groups in total. The molecule has 0 saturated carbocycles. The van der Waals surface area contributed by atoms with Crippen LogP contribution in [0.25, 0.3) is 0 Å². The largest absolute Gasteiger partial charge is 0.508 e. The molecule has 1 aliphatic heterocycles. The van der Waals surface area contributed by atoms with Crippen LogP contribution in [0, 0.1) is 0 Å². The molecule has 5 nitrogen and oxygen atoms in total. The average molecular weight is 288 g/mol. The maximum atomic E-state index is 11.0. The van der Waals surface area contributed by atoms with E-state index in [1.54, 1.807) is 12.2 Å². The molecule has 0 radical (unpaired) electrons. The van der Waals surface area contributed by atoms with E-state index in [9.17, 15) is 4.79 Å². The average Bonchev–Trinajstić information content (AvgIpc) is 2.29. The van der Waals surface area contributed by atoms with Crippen LogP contribution >= 0.6 is 0 Å². The molecule has 0 unspecified atom stereocenters. The maximum Gasteiger partial charge on any atom is 0.508 e. The van der Waals surface area contributed by atoms with Crippen LogP contribution in [0.15, 0.2) is 12.2 Å². The van der Waals surface area contributed by atoms with Gasteiger partial charge in [-0.15, -0.1) is 0 Å². The molecule has 0 aromatic rings. The van der Waals surface area contributed by atoms with Crippen molar-refractivity contribution in [3.63, 3.8) is 0 Å². The predicted molar refractivity (Wildman–Crippen MR) is 74.4 cm³/mol. The molecule has 2 atom stereocenters. The second-order valence-electron chi connectivity index (χ2n) is 6.08. The number of carbonyl (C=O) groups is 1. The molecule has 0 aliphatic carbocycles. The molecule has 19 heavy (non-hydrogen) atoms. The summed E-state index contributed by atoms with van der Waals surface area (Å²) < 4.78 is 21.0. The Kier molecular flexibility index (Phi) is 5.17. The second kappa shape index (κ2) is 6.07. The molecule has 1 aliphatic rings. The zero-order valence-electron chi connectivity index (χ0n) is 12.6. The van der Waals surface area contributed by atoms with Gasteiger partial charge in [0.25, 0.3) is 0 Å². The van der Waals surface area contributed by atoms with Crippen LogP contribution in [0.2, 0.25) is 18.1 Å². The van der Waals surface area contributed by atoms with E-state index in [2.05, 4.69) is 38.6 Å². The highest BCUT2D eigenvalue weighted by Gasteiger charge is 2.39. The van der Waals surface area contributed by atoms with Gasteiger partial charge in [0.1, 0.15) is 6.10 Å². The lowest BCUT2D eigenvalue weighted by Crippen LogP contribution is -2.45. The third kappa shape index (κ3) is 4.63. The van der Waals surface area contributed by atoms with Gasteiger partial charge in [0.15, 0.2) is 14.6 Å². The number of hydrogen-bond acceptors (Lipinski definition) is 5. The first-order chi connectivity index (χ1) is 8.65. The van der Waals surface area contributed by atoms with Gasteiger partial charge in [0, 0.05) is 0 Å². The van der Waals surface area contributed by atoms with Crippen LogP contribution in [0.3, 0.4) is 0 Å². The Bertz CT molecular complexity index is 345. The molecular formula is C13H24O5Si. The van der Waals surface area contributed by atoms with E-state index < -0.39 is 20.6 Å². The summed E-state index contributed by atoms with van der Waals surface area (Å²) in [5, 5.41) is 0.129. The molecule has 1 heterocycles. The normalized spacial score (nSPS) is 24.1. The van der Waals surface area contributed by atoms with E-state index in [4.69, 9.17) is 13.9 Å². The number of carbonyl (C=O) groups excluding carboxylic acids is 1. The Balaban J connectivity index is 2.53. The van der Waals surface area contributed by atoms with E-state index in [-0.39, 0.29) is 17.9 Å². The summed E-state index contributed by atoms with van der Waals surface area (Å²) in [6.07, 6.45) is 2.09. The van der Waals surface area contributed by atoms with Gasteiger partial charge < -0.3 is 18.6 Å². The van der Waals surface area contributed by atoms with Gasteiger partial charge in [-0.1, -0.05) is 20.8 Å². The Morgan fingerprint density at radius 2 is 1.95 bits per heavy atom. The van der Waals surface area contributed by atoms with Crippen LogP contribution in [0.4, 0.5) is 4.79 Å². The zero-order valence-corrected chi connectivity index (χ0v) is 13.6. The lowest BCUT2D eigenvalue weighted by atomic mass is 10.2. The summed E-state index contributed by atoms with van der Waals surface area (Å²) in [7, 11) is -0.585. The number of methoxy groups -OCH3 is 1. The van der Waals surface area contributed by atoms with E-state index in [1.807, 2.05) is 0 Å². The quantitative estimate of drug-likeness (QED) is 0.454. The number of rotatable bonds is 3. The minimum Gasteiger partial charge on any atom is -0.438 e. The summed E-state index contributed by atoms with van der Waals surface area (Å²) in [5.41, 5.74) is 0. The fourth-order valence-corrected chi connectivity index (χ4v) is 2.38. The first kappa shape index (κ1) is 16.2. The Morgan fingerprint density at radius 1 is 1.32 bits per heavy atom. The standard InChI is InChI=1S/C13H24O5Si/c1-13(2,3)19(5,6)18-11-8-7-10(9-16-11)17-12(14)15-4/h7-8,10-11H,9H2,1-6H3/t10-,11-/m1/s1. The van der Waals surface area contributed by atoms with Gasteiger partial charge in [-0.05, 0) is 30.3 Å². The SMILES string of the molecule is COC(=O)O[C@@H]1C=C[C@@H](O[Si](C)(C)C(C)(C)C)OC1. The Hall–Kier alpha value is -0.853. The molecule has 0 amide bonds. The zero-order chi connectivity index (χ0) is 14.7. The van der Waals surface area contributed by atoms with Crippen LogP contribution in [0.1, 0.15) is 20.8 Å². The highest BCUT2D eigenvalue weighted by molar-refractivity contribution is 6.74. The van der Waals surface area contributed by atoms with Gasteiger partial charge in [-0.3, -0.25) is 0 Å². The molecule has 0 saturated heterocycles. The molecule has 0 aromatic heterocycles. The van der Waals surface area contributed by atoms with Crippen LogP contribution in [0.5, 0.6) is 0 Å². The van der Waals surface area contributed by atoms with Crippen molar-refractivity contribution in [2.45, 2.75) is 51.3 Å². The van der Waals surface area contributed by atoms with Crippen molar-refractivity contribution in [3.8, 4) is 0 Å². The third-order valence-electron chi connectivity index (χ3n) is 3.54. The van der Waals surface area contributed by atoms with Crippen LogP contribution in [-0.4, -0.2) is 40.6 Å². The highest BCUT2D eigenvalue weighted by atomic mass is 28.4. The summed E-state index contributed by atoms with van der Waals surface area (Å²) in [6, 6.07) is 0. The summed E-state index contributed by atoms with van der Waals surface area (Å²) in [4.78, 5) is 11.0. The topological polar surface area (TPSA) is 54.0 Å². The lowest BCUT2D eigenvalue weighted by molar-refractivity contribution is -0.0922. The van der Waals surface area contributed by atoms with Crippen molar-refractivity contribution < 1.29 is 23.4 Å². The molecule has 0 bridgehead atoms. The van der Waals surface area contributed by atoms with Gasteiger partial charge in [-0.2, -0.15) is 0 Å². The number of ether oxygens (including phenoxy) is 3. The minimum absolute atomic E-state index is 0.129. The van der Waals surface area contributed by atoms with Crippen molar-refractivity contribution in [1.29, 1.82) is 0 Å². The first-order valence-corrected chi connectivity index (χ1v) is 9.29. The van der Waals surface area contributed by atoms with Crippen molar-refractivity contribution >= 4 is 14.5 Å². The van der Waals surface area contributed by atoms with Gasteiger partial charge in [-0.25, -0.2) is 4.79 Å². The predicted octanol–water partition coefficient (Wildman–Crippen LogP) is 3.07. The molecule has 0 aromatic carbocycles. The molecule has 6 heteroatoms. The van der Waals surface area contributed by atoms with E-state index in [0.29, 0.717) is 0 Å². The fourth-order valence-electron chi connectivity index (χ4n) is 1.30. The molecule has 1 rings (SSSR count). The van der Waals surface area contributed by atoms with Crippen molar-refractivity contribution in [3.05, 3.63) is 12.2 Å². The first-order valence-electron chi connectivity index (χ1n) is 6.38. The Morgan fingerprint density at radius 3 is 2.37 bits per heavy atom. The Labute approximate surface area is 116 Å². The summed E-state index contributed by atoms with van der Waals surface area (Å²) >= 11 is 0.